The van der Waals surface area contributed by atoms with Crippen LogP contribution in [0.5, 0.6) is 0 Å². The number of hydrogen-bond donors (Lipinski definition) is 1. The van der Waals surface area contributed by atoms with Crippen LogP contribution in [0, 0.1) is 5.92 Å². The van der Waals surface area contributed by atoms with E-state index in [1.54, 1.807) is 24.3 Å². The smallest absolute Gasteiger partial charge is 0.352 e. The molecule has 2 amide bonds. The molecule has 6 nitrogen and oxygen atoms in total. The summed E-state index contributed by atoms with van der Waals surface area (Å²) in [6.45, 7) is -0.922. The minimum absolute atomic E-state index is 0.0151. The lowest BCUT2D eigenvalue weighted by Crippen LogP contribution is -2.32. The van der Waals surface area contributed by atoms with Gasteiger partial charge in [-0.05, 0) is 11.6 Å². The van der Waals surface area contributed by atoms with Crippen LogP contribution in [0.25, 0.3) is 0 Å². The fraction of sp³-hybridized carbons (Fsp3) is 0.353. The van der Waals surface area contributed by atoms with Crippen LogP contribution in [0.4, 0.5) is 18.9 Å². The third kappa shape index (κ3) is 4.79. The first-order valence-corrected chi connectivity index (χ1v) is 8.51. The number of aromatic nitrogens is 2. The molecule has 2 heterocycles. The summed E-state index contributed by atoms with van der Waals surface area (Å²) in [6.07, 6.45) is -2.08. The largest absolute Gasteiger partial charge is 0.408 e. The van der Waals surface area contributed by atoms with Crippen molar-refractivity contribution in [2.75, 3.05) is 11.4 Å². The van der Waals surface area contributed by atoms with Crippen LogP contribution in [0.15, 0.2) is 36.7 Å². The second-order valence-electron chi connectivity index (χ2n) is 6.23. The molecule has 1 atom stereocenters. The van der Waals surface area contributed by atoms with Gasteiger partial charge in [0, 0.05) is 30.7 Å². The highest BCUT2D eigenvalue weighted by Crippen LogP contribution is 2.26. The lowest BCUT2D eigenvalue weighted by atomic mass is 10.1. The molecular formula is C17H16ClF3N4O2. The van der Waals surface area contributed by atoms with E-state index >= 15 is 0 Å². The van der Waals surface area contributed by atoms with Crippen LogP contribution < -0.4 is 10.2 Å². The van der Waals surface area contributed by atoms with Gasteiger partial charge in [-0.2, -0.15) is 18.3 Å². The summed E-state index contributed by atoms with van der Waals surface area (Å²) in [5, 5.41) is 6.89. The van der Waals surface area contributed by atoms with Gasteiger partial charge in [0.2, 0.25) is 11.8 Å². The fourth-order valence-corrected chi connectivity index (χ4v) is 3.07. The molecule has 1 aromatic carbocycles. The summed E-state index contributed by atoms with van der Waals surface area (Å²) in [4.78, 5) is 25.8. The number of rotatable bonds is 5. The summed E-state index contributed by atoms with van der Waals surface area (Å²) in [5.74, 6) is -1.24. The van der Waals surface area contributed by atoms with E-state index in [0.29, 0.717) is 9.70 Å². The average Bonchev–Trinajstić information content (AvgIpc) is 3.18. The molecular weight excluding hydrogens is 385 g/mol. The highest BCUT2D eigenvalue weighted by molar-refractivity contribution is 6.31. The maximum Gasteiger partial charge on any atom is 0.408 e. The molecule has 2 aromatic rings. The third-order valence-electron chi connectivity index (χ3n) is 4.18. The first-order chi connectivity index (χ1) is 12.7. The Morgan fingerprint density at radius 2 is 2.07 bits per heavy atom. The number of amides is 2. The van der Waals surface area contributed by atoms with E-state index in [0.717, 1.165) is 11.8 Å². The van der Waals surface area contributed by atoms with Crippen LogP contribution in [0.2, 0.25) is 5.02 Å². The molecule has 0 saturated carbocycles. The summed E-state index contributed by atoms with van der Waals surface area (Å²) >= 11 is 6.04. The maximum absolute atomic E-state index is 12.4. The zero-order chi connectivity index (χ0) is 19.6. The number of nitrogens with zero attached hydrogens (tertiary/aromatic N) is 3. The third-order valence-corrected chi connectivity index (χ3v) is 4.55. The van der Waals surface area contributed by atoms with Crippen molar-refractivity contribution in [1.82, 2.24) is 15.1 Å². The average molecular weight is 401 g/mol. The highest BCUT2D eigenvalue weighted by atomic mass is 35.5. The van der Waals surface area contributed by atoms with E-state index in [-0.39, 0.29) is 37.0 Å². The van der Waals surface area contributed by atoms with Gasteiger partial charge in [-0.3, -0.25) is 14.3 Å². The monoisotopic (exact) mass is 400 g/mol. The summed E-state index contributed by atoms with van der Waals surface area (Å²) in [6, 6.07) is 7.07. The zero-order valence-electron chi connectivity index (χ0n) is 14.0. The van der Waals surface area contributed by atoms with E-state index in [1.807, 2.05) is 0 Å². The number of halogens is 4. The van der Waals surface area contributed by atoms with Crippen LogP contribution in [-0.4, -0.2) is 34.3 Å². The predicted octanol–water partition coefficient (Wildman–Crippen LogP) is 2.77. The molecule has 0 spiro atoms. The Hall–Kier alpha value is -2.55. The molecule has 0 radical (unpaired) electrons. The fourth-order valence-electron chi connectivity index (χ4n) is 2.86. The number of carbonyl (C=O) groups is 2. The second-order valence-corrected chi connectivity index (χ2v) is 6.63. The minimum Gasteiger partial charge on any atom is -0.352 e. The van der Waals surface area contributed by atoms with Crippen LogP contribution in [0.3, 0.4) is 0 Å². The molecule has 10 heteroatoms. The van der Waals surface area contributed by atoms with Gasteiger partial charge in [0.15, 0.2) is 0 Å². The number of nitrogens with one attached hydrogen (secondary N) is 1. The van der Waals surface area contributed by atoms with Gasteiger partial charge in [0.1, 0.15) is 6.54 Å². The first-order valence-electron chi connectivity index (χ1n) is 8.13. The van der Waals surface area contributed by atoms with E-state index in [1.165, 1.54) is 11.1 Å². The van der Waals surface area contributed by atoms with Crippen molar-refractivity contribution in [2.45, 2.75) is 25.7 Å². The van der Waals surface area contributed by atoms with Crippen molar-refractivity contribution >= 4 is 29.1 Å². The van der Waals surface area contributed by atoms with E-state index in [9.17, 15) is 22.8 Å². The molecule has 1 aliphatic rings. The number of alkyl halides is 3. The molecule has 144 valence electrons. The number of anilines is 1. The van der Waals surface area contributed by atoms with Crippen LogP contribution >= 0.6 is 11.6 Å². The van der Waals surface area contributed by atoms with Gasteiger partial charge < -0.3 is 10.2 Å². The molecule has 1 aliphatic heterocycles. The lowest BCUT2D eigenvalue weighted by Gasteiger charge is -2.14. The zero-order valence-corrected chi connectivity index (χ0v) is 14.8. The Balaban J connectivity index is 1.60. The lowest BCUT2D eigenvalue weighted by molar-refractivity contribution is -0.142. The number of hydrogen-bond acceptors (Lipinski definition) is 3. The standard InChI is InChI=1S/C17H16ClF3N4O2/c18-14-4-2-1-3-11(14)6-22-16(27)12-5-15(26)25(8-12)13-7-23-24(9-13)10-17(19,20)21/h1-4,7,9,12H,5-6,8,10H2,(H,22,27). The van der Waals surface area contributed by atoms with E-state index in [2.05, 4.69) is 10.4 Å². The Labute approximate surface area is 157 Å². The first kappa shape index (κ1) is 19.2. The summed E-state index contributed by atoms with van der Waals surface area (Å²) in [5.41, 5.74) is 0.993. The van der Waals surface area contributed by atoms with Gasteiger partial charge in [-0.1, -0.05) is 29.8 Å². The van der Waals surface area contributed by atoms with Crippen molar-refractivity contribution in [3.8, 4) is 0 Å². The van der Waals surface area contributed by atoms with Crippen molar-refractivity contribution < 1.29 is 22.8 Å². The minimum atomic E-state index is -4.40. The van der Waals surface area contributed by atoms with Gasteiger partial charge in [0.05, 0.1) is 17.8 Å². The highest BCUT2D eigenvalue weighted by Gasteiger charge is 2.36. The SMILES string of the molecule is O=C(NCc1ccccc1Cl)C1CC(=O)N(c2cnn(CC(F)(F)F)c2)C1. The van der Waals surface area contributed by atoms with Crippen LogP contribution in [-0.2, 0) is 22.7 Å². The molecule has 1 saturated heterocycles. The molecule has 1 N–H and O–H groups in total. The van der Waals surface area contributed by atoms with Gasteiger partial charge in [-0.25, -0.2) is 0 Å². The number of benzene rings is 1. The van der Waals surface area contributed by atoms with E-state index < -0.39 is 18.6 Å². The molecule has 0 aliphatic carbocycles. The van der Waals surface area contributed by atoms with Crippen molar-refractivity contribution in [2.24, 2.45) is 5.92 Å². The Kier molecular flexibility index (Phi) is 5.41. The van der Waals surface area contributed by atoms with Crippen LogP contribution in [0.1, 0.15) is 12.0 Å². The van der Waals surface area contributed by atoms with Gasteiger partial charge in [0.25, 0.3) is 0 Å². The topological polar surface area (TPSA) is 67.2 Å². The van der Waals surface area contributed by atoms with E-state index in [4.69, 9.17) is 11.6 Å². The van der Waals surface area contributed by atoms with Gasteiger partial charge in [-0.15, -0.1) is 0 Å². The molecule has 1 unspecified atom stereocenters. The normalized spacial score (nSPS) is 17.4. The van der Waals surface area contributed by atoms with Crippen molar-refractivity contribution in [3.05, 3.63) is 47.2 Å². The number of carbonyl (C=O) groups excluding carboxylic acids is 2. The van der Waals surface area contributed by atoms with Crippen molar-refractivity contribution in [1.29, 1.82) is 0 Å². The Morgan fingerprint density at radius 1 is 1.33 bits per heavy atom. The molecule has 3 rings (SSSR count). The summed E-state index contributed by atoms with van der Waals surface area (Å²) in [7, 11) is 0. The quantitative estimate of drug-likeness (QED) is 0.839. The molecule has 0 bridgehead atoms. The predicted molar refractivity (Wildman–Crippen MR) is 92.0 cm³/mol. The Bertz CT molecular complexity index is 853. The van der Waals surface area contributed by atoms with Crippen molar-refractivity contribution in [3.63, 3.8) is 0 Å². The second kappa shape index (κ2) is 7.59. The Morgan fingerprint density at radius 3 is 2.78 bits per heavy atom. The maximum atomic E-state index is 12.4. The van der Waals surface area contributed by atoms with Gasteiger partial charge >= 0.3 is 6.18 Å². The summed E-state index contributed by atoms with van der Waals surface area (Å²) < 4.78 is 38.0. The molecule has 27 heavy (non-hydrogen) atoms. The molecule has 1 aromatic heterocycles. The molecule has 1 fully saturated rings.